The van der Waals surface area contributed by atoms with E-state index in [9.17, 15) is 9.59 Å². The first kappa shape index (κ1) is 37.8. The van der Waals surface area contributed by atoms with Crippen molar-refractivity contribution < 1.29 is 14.3 Å². The van der Waals surface area contributed by atoms with E-state index in [1.807, 2.05) is 63.3 Å². The SMILES string of the molecule is CC.CCOc1cccc(/C=C2\C(=O)Nc3ccc(P(CC)CC)cc32)c1.Cc1cc(C)cc(/C=C2\C(=O)Nc3cc(P(C)C)ccc32)c1. The van der Waals surface area contributed by atoms with Gasteiger partial charge in [-0.15, -0.1) is 0 Å². The summed E-state index contributed by atoms with van der Waals surface area (Å²) in [6, 6.07) is 26.9. The average molecular weight is 693 g/mol. The van der Waals surface area contributed by atoms with Crippen LogP contribution in [0.2, 0.25) is 0 Å². The highest BCUT2D eigenvalue weighted by atomic mass is 31.1. The zero-order valence-electron chi connectivity index (χ0n) is 30.4. The summed E-state index contributed by atoms with van der Waals surface area (Å²) in [5.74, 6) is 0.777. The van der Waals surface area contributed by atoms with E-state index in [-0.39, 0.29) is 27.7 Å². The maximum atomic E-state index is 12.5. The number of amides is 2. The van der Waals surface area contributed by atoms with E-state index in [0.717, 1.165) is 50.5 Å². The van der Waals surface area contributed by atoms with E-state index in [2.05, 4.69) is 100 Å². The van der Waals surface area contributed by atoms with E-state index in [0.29, 0.717) is 6.61 Å². The fraction of sp³-hybridized carbons (Fsp3) is 0.286. The van der Waals surface area contributed by atoms with Crippen LogP contribution in [0.3, 0.4) is 0 Å². The molecule has 256 valence electrons. The molecule has 0 fully saturated rings. The molecular formula is C42H50N2O3P2. The Bertz CT molecular complexity index is 1850. The first-order valence-corrected chi connectivity index (χ1v) is 21.1. The fourth-order valence-corrected chi connectivity index (χ4v) is 8.53. The molecule has 2 amide bonds. The van der Waals surface area contributed by atoms with Crippen LogP contribution in [0.1, 0.15) is 68.0 Å². The van der Waals surface area contributed by atoms with E-state index in [4.69, 9.17) is 4.74 Å². The Morgan fingerprint density at radius 3 is 1.90 bits per heavy atom. The van der Waals surface area contributed by atoms with Crippen LogP contribution in [0.25, 0.3) is 23.3 Å². The smallest absolute Gasteiger partial charge is 0.256 e. The third-order valence-electron chi connectivity index (χ3n) is 8.25. The zero-order chi connectivity index (χ0) is 35.7. The minimum absolute atomic E-state index is 0.0113. The Morgan fingerprint density at radius 2 is 1.27 bits per heavy atom. The highest BCUT2D eigenvalue weighted by molar-refractivity contribution is 7.65. The number of carbonyl (C=O) groups is 2. The number of hydrogen-bond donors (Lipinski definition) is 2. The quantitative estimate of drug-likeness (QED) is 0.143. The van der Waals surface area contributed by atoms with Gasteiger partial charge in [-0.2, -0.15) is 0 Å². The third kappa shape index (κ3) is 9.35. The van der Waals surface area contributed by atoms with Crippen LogP contribution >= 0.6 is 15.8 Å². The molecule has 0 saturated carbocycles. The number of fused-ring (bicyclic) bond motifs is 2. The number of ether oxygens (including phenoxy) is 1. The van der Waals surface area contributed by atoms with Gasteiger partial charge in [0.05, 0.1) is 6.61 Å². The fourth-order valence-electron chi connectivity index (χ4n) is 6.00. The molecule has 2 aliphatic heterocycles. The van der Waals surface area contributed by atoms with Gasteiger partial charge in [0, 0.05) is 33.6 Å². The first-order chi connectivity index (χ1) is 23.6. The van der Waals surface area contributed by atoms with Crippen molar-refractivity contribution in [3.63, 3.8) is 0 Å². The summed E-state index contributed by atoms with van der Waals surface area (Å²) in [5.41, 5.74) is 9.82. The van der Waals surface area contributed by atoms with Gasteiger partial charge in [0.15, 0.2) is 0 Å². The predicted molar refractivity (Wildman–Crippen MR) is 217 cm³/mol. The summed E-state index contributed by atoms with van der Waals surface area (Å²) in [6.45, 7) is 19.7. The molecule has 0 bridgehead atoms. The Kier molecular flexibility index (Phi) is 13.5. The Morgan fingerprint density at radius 1 is 0.653 bits per heavy atom. The number of benzene rings is 4. The molecule has 0 spiro atoms. The monoisotopic (exact) mass is 692 g/mol. The second kappa shape index (κ2) is 17.6. The zero-order valence-corrected chi connectivity index (χ0v) is 32.2. The lowest BCUT2D eigenvalue weighted by Gasteiger charge is -2.14. The van der Waals surface area contributed by atoms with Gasteiger partial charge in [0.2, 0.25) is 0 Å². The number of nitrogens with one attached hydrogen (secondary N) is 2. The summed E-state index contributed by atoms with van der Waals surface area (Å²) in [4.78, 5) is 24.8. The number of aryl methyl sites for hydroxylation is 2. The van der Waals surface area contributed by atoms with E-state index in [1.165, 1.54) is 34.1 Å². The number of carbonyl (C=O) groups excluding carboxylic acids is 2. The topological polar surface area (TPSA) is 67.4 Å². The van der Waals surface area contributed by atoms with Crippen LogP contribution < -0.4 is 26.0 Å². The molecule has 2 heterocycles. The minimum Gasteiger partial charge on any atom is -0.494 e. The molecule has 4 aromatic carbocycles. The molecule has 2 aliphatic rings. The summed E-state index contributed by atoms with van der Waals surface area (Å²) in [6.07, 6.45) is 6.28. The van der Waals surface area contributed by atoms with Crippen molar-refractivity contribution in [1.82, 2.24) is 0 Å². The lowest BCUT2D eigenvalue weighted by Crippen LogP contribution is -2.04. The highest BCUT2D eigenvalue weighted by Crippen LogP contribution is 2.39. The number of anilines is 2. The summed E-state index contributed by atoms with van der Waals surface area (Å²) < 4.78 is 5.56. The molecule has 0 atom stereocenters. The van der Waals surface area contributed by atoms with Gasteiger partial charge >= 0.3 is 0 Å². The Labute approximate surface area is 295 Å². The molecule has 7 heteroatoms. The minimum atomic E-state index is -0.158. The molecule has 5 nitrogen and oxygen atoms in total. The Balaban J connectivity index is 0.000000212. The molecule has 0 aromatic heterocycles. The molecule has 2 N–H and O–H groups in total. The second-order valence-corrected chi connectivity index (χ2v) is 17.1. The highest BCUT2D eigenvalue weighted by Gasteiger charge is 2.26. The predicted octanol–water partition coefficient (Wildman–Crippen LogP) is 9.91. The first-order valence-electron chi connectivity index (χ1n) is 17.2. The van der Waals surface area contributed by atoms with Crippen LogP contribution in [-0.4, -0.2) is 44.1 Å². The van der Waals surface area contributed by atoms with Crippen molar-refractivity contribution in [1.29, 1.82) is 0 Å². The summed E-state index contributed by atoms with van der Waals surface area (Å²) in [7, 11) is -0.305. The Hall–Kier alpha value is -4.04. The standard InChI is InChI=1S/C21H24NO2P.C19H20NOP.C2H6/c1-4-24-16-9-7-8-15(12-16)13-19-18-14-17(25(5-2)6-3)10-11-20(18)22-21(19)23;1-12-7-13(2)9-14(8-12)10-17-16-6-5-15(22(3)4)11-18(16)20-19(17)21;1-2/h7-14H,4-6H2,1-3H3,(H,22,23);5-11H,1-4H3,(H,20,21);1-2H3/b19-13-;17-10-;. The molecular weight excluding hydrogens is 642 g/mol. The largest absolute Gasteiger partial charge is 0.494 e. The van der Waals surface area contributed by atoms with E-state index in [1.54, 1.807) is 0 Å². The molecule has 0 radical (unpaired) electrons. The number of rotatable bonds is 8. The lowest BCUT2D eigenvalue weighted by molar-refractivity contribution is -0.111. The average Bonchev–Trinajstić information content (AvgIpc) is 3.56. The van der Waals surface area contributed by atoms with Gasteiger partial charge in [-0.3, -0.25) is 9.59 Å². The molecule has 0 saturated heterocycles. The molecule has 4 aromatic rings. The normalized spacial score (nSPS) is 14.5. The molecule has 49 heavy (non-hydrogen) atoms. The van der Waals surface area contributed by atoms with Crippen LogP contribution in [-0.2, 0) is 9.59 Å². The van der Waals surface area contributed by atoms with Crippen LogP contribution in [0.15, 0.2) is 78.9 Å². The maximum absolute atomic E-state index is 12.5. The van der Waals surface area contributed by atoms with Gasteiger partial charge in [0.1, 0.15) is 5.75 Å². The summed E-state index contributed by atoms with van der Waals surface area (Å²) >= 11 is 0. The molecule has 0 aliphatic carbocycles. The van der Waals surface area contributed by atoms with E-state index >= 15 is 0 Å². The van der Waals surface area contributed by atoms with Crippen molar-refractivity contribution in [3.05, 3.63) is 112 Å². The van der Waals surface area contributed by atoms with Gasteiger partial charge in [-0.1, -0.05) is 103 Å². The maximum Gasteiger partial charge on any atom is 0.256 e. The van der Waals surface area contributed by atoms with Gasteiger partial charge in [0.25, 0.3) is 11.8 Å². The van der Waals surface area contributed by atoms with Gasteiger partial charge in [-0.05, 0) is 111 Å². The lowest BCUT2D eigenvalue weighted by atomic mass is 10.0. The van der Waals surface area contributed by atoms with Crippen LogP contribution in [0.5, 0.6) is 5.75 Å². The molecule has 6 rings (SSSR count). The van der Waals surface area contributed by atoms with Crippen LogP contribution in [0, 0.1) is 13.8 Å². The van der Waals surface area contributed by atoms with Gasteiger partial charge in [-0.25, -0.2) is 0 Å². The van der Waals surface area contributed by atoms with Crippen molar-refractivity contribution >= 4 is 72.9 Å². The van der Waals surface area contributed by atoms with Crippen LogP contribution in [0.4, 0.5) is 11.4 Å². The van der Waals surface area contributed by atoms with E-state index < -0.39 is 0 Å². The third-order valence-corrected chi connectivity index (χ3v) is 12.1. The molecule has 0 unspecified atom stereocenters. The van der Waals surface area contributed by atoms with Crippen molar-refractivity contribution in [2.75, 3.05) is 42.9 Å². The van der Waals surface area contributed by atoms with Crippen molar-refractivity contribution in [2.45, 2.75) is 48.5 Å². The second-order valence-electron chi connectivity index (χ2n) is 12.0. The summed E-state index contributed by atoms with van der Waals surface area (Å²) in [5, 5.41) is 8.65. The van der Waals surface area contributed by atoms with Crippen molar-refractivity contribution in [3.8, 4) is 5.75 Å². The van der Waals surface area contributed by atoms with Crippen molar-refractivity contribution in [2.24, 2.45) is 0 Å². The van der Waals surface area contributed by atoms with Gasteiger partial charge < -0.3 is 15.4 Å². The number of hydrogen-bond acceptors (Lipinski definition) is 3.